The molecule has 0 bridgehead atoms. The van der Waals surface area contributed by atoms with E-state index in [0.717, 1.165) is 36.0 Å². The molecule has 0 spiro atoms. The van der Waals surface area contributed by atoms with Crippen molar-refractivity contribution < 1.29 is 18.0 Å². The molecular weight excluding hydrogens is 441 g/mol. The number of halogens is 3. The molecule has 1 saturated heterocycles. The van der Waals surface area contributed by atoms with E-state index in [1.54, 1.807) is 11.1 Å². The fourth-order valence-corrected chi connectivity index (χ4v) is 4.22. The van der Waals surface area contributed by atoms with Crippen molar-refractivity contribution in [3.63, 3.8) is 0 Å². The van der Waals surface area contributed by atoms with Crippen LogP contribution >= 0.6 is 0 Å². The Bertz CT molecular complexity index is 1080. The van der Waals surface area contributed by atoms with Gasteiger partial charge < -0.3 is 4.90 Å². The van der Waals surface area contributed by atoms with Gasteiger partial charge in [-0.25, -0.2) is 5.01 Å². The van der Waals surface area contributed by atoms with Crippen LogP contribution in [0, 0.1) is 6.92 Å². The first-order valence-electron chi connectivity index (χ1n) is 11.5. The van der Waals surface area contributed by atoms with Crippen LogP contribution in [0.3, 0.4) is 0 Å². The Morgan fingerprint density at radius 1 is 0.971 bits per heavy atom. The van der Waals surface area contributed by atoms with Crippen LogP contribution < -0.4 is 4.90 Å². The van der Waals surface area contributed by atoms with Crippen molar-refractivity contribution in [1.29, 1.82) is 0 Å². The molecule has 0 atom stereocenters. The highest BCUT2D eigenvalue weighted by Gasteiger charge is 2.31. The average Bonchev–Trinajstić information content (AvgIpc) is 2.81. The lowest BCUT2D eigenvalue weighted by Crippen LogP contribution is -2.49. The summed E-state index contributed by atoms with van der Waals surface area (Å²) < 4.78 is 39.0. The van der Waals surface area contributed by atoms with Crippen molar-refractivity contribution in [2.45, 2.75) is 26.4 Å². The fraction of sp³-hybridized carbons (Fsp3) is 0.385. The molecule has 0 aliphatic carbocycles. The third kappa shape index (κ3) is 5.86. The molecule has 2 aromatic carbocycles. The number of hydrazone groups is 1. The van der Waals surface area contributed by atoms with E-state index in [1.165, 1.54) is 17.7 Å². The molecule has 0 aromatic heterocycles. The Hall–Kier alpha value is -3.13. The predicted octanol–water partition coefficient (Wildman–Crippen LogP) is 4.83. The van der Waals surface area contributed by atoms with E-state index in [4.69, 9.17) is 0 Å². The van der Waals surface area contributed by atoms with E-state index in [0.29, 0.717) is 38.3 Å². The molecule has 180 valence electrons. The van der Waals surface area contributed by atoms with E-state index in [-0.39, 0.29) is 5.91 Å². The molecule has 0 radical (unpaired) electrons. The quantitative estimate of drug-likeness (QED) is 0.629. The monoisotopic (exact) mass is 470 g/mol. The largest absolute Gasteiger partial charge is 0.416 e. The number of carbonyl (C=O) groups is 1. The third-order valence-corrected chi connectivity index (χ3v) is 6.32. The van der Waals surface area contributed by atoms with Crippen molar-refractivity contribution in [2.75, 3.05) is 44.2 Å². The Labute approximate surface area is 198 Å². The van der Waals surface area contributed by atoms with Crippen LogP contribution in [0.1, 0.15) is 30.0 Å². The van der Waals surface area contributed by atoms with Gasteiger partial charge in [0.05, 0.1) is 24.2 Å². The molecule has 0 saturated carbocycles. The van der Waals surface area contributed by atoms with Gasteiger partial charge in [0.2, 0.25) is 5.91 Å². The zero-order valence-electron chi connectivity index (χ0n) is 19.5. The van der Waals surface area contributed by atoms with Crippen LogP contribution in [0.15, 0.2) is 59.2 Å². The number of nitrogens with zero attached hydrogens (tertiary/aromatic N) is 4. The number of alkyl halides is 3. The lowest BCUT2D eigenvalue weighted by Gasteiger charge is -2.37. The number of hydrogen-bond donors (Lipinski definition) is 0. The van der Waals surface area contributed by atoms with Crippen LogP contribution in [-0.2, 0) is 11.0 Å². The number of carbonyl (C=O) groups excluding carboxylic acids is 1. The predicted molar refractivity (Wildman–Crippen MR) is 129 cm³/mol. The summed E-state index contributed by atoms with van der Waals surface area (Å²) >= 11 is 0. The second-order valence-corrected chi connectivity index (χ2v) is 8.84. The van der Waals surface area contributed by atoms with E-state index >= 15 is 0 Å². The summed E-state index contributed by atoms with van der Waals surface area (Å²) in [4.78, 5) is 16.9. The molecule has 1 fully saturated rings. The highest BCUT2D eigenvalue weighted by molar-refractivity contribution is 6.08. The first kappa shape index (κ1) is 24.0. The normalized spacial score (nSPS) is 19.0. The van der Waals surface area contributed by atoms with Gasteiger partial charge >= 0.3 is 6.18 Å². The highest BCUT2D eigenvalue weighted by Crippen LogP contribution is 2.32. The standard InChI is InChI=1S/C26H29F3N4O/c1-19-6-8-21(9-7-19)16-22-17-25(34)33(30-20(22)2)15-12-31-10-13-32(14-11-31)24-5-3-4-23(18-24)26(27,28)29/h3-9,16,18H,10-15,17H2,1-2H3/b22-16-. The molecule has 2 heterocycles. The van der Waals surface area contributed by atoms with E-state index in [9.17, 15) is 18.0 Å². The Kier molecular flexibility index (Phi) is 7.07. The minimum absolute atomic E-state index is 0.0217. The summed E-state index contributed by atoms with van der Waals surface area (Å²) in [5.41, 5.74) is 3.98. The number of amides is 1. The summed E-state index contributed by atoms with van der Waals surface area (Å²) in [5, 5.41) is 6.07. The minimum Gasteiger partial charge on any atom is -0.369 e. The molecule has 2 aromatic rings. The summed E-state index contributed by atoms with van der Waals surface area (Å²) in [6.45, 7) is 7.86. The van der Waals surface area contributed by atoms with E-state index in [1.807, 2.05) is 49.1 Å². The van der Waals surface area contributed by atoms with Crippen molar-refractivity contribution in [3.8, 4) is 0 Å². The topological polar surface area (TPSA) is 39.1 Å². The van der Waals surface area contributed by atoms with Gasteiger partial charge in [0.15, 0.2) is 0 Å². The summed E-state index contributed by atoms with van der Waals surface area (Å²) in [6, 6.07) is 13.6. The summed E-state index contributed by atoms with van der Waals surface area (Å²) in [7, 11) is 0. The molecule has 0 N–H and O–H groups in total. The maximum absolute atomic E-state index is 13.0. The number of anilines is 1. The van der Waals surface area contributed by atoms with Gasteiger partial charge in [-0.05, 0) is 49.3 Å². The van der Waals surface area contributed by atoms with E-state index in [2.05, 4.69) is 10.0 Å². The van der Waals surface area contributed by atoms with Crippen molar-refractivity contribution in [1.82, 2.24) is 9.91 Å². The molecule has 2 aliphatic heterocycles. The lowest BCUT2D eigenvalue weighted by atomic mass is 10.0. The smallest absolute Gasteiger partial charge is 0.369 e. The summed E-state index contributed by atoms with van der Waals surface area (Å²) in [6.07, 6.45) is -2.00. The van der Waals surface area contributed by atoms with Gasteiger partial charge in [0, 0.05) is 38.4 Å². The number of aryl methyl sites for hydroxylation is 1. The third-order valence-electron chi connectivity index (χ3n) is 6.32. The zero-order chi connectivity index (χ0) is 24.3. The fourth-order valence-electron chi connectivity index (χ4n) is 4.22. The molecular formula is C26H29F3N4O. The number of benzene rings is 2. The van der Waals surface area contributed by atoms with Gasteiger partial charge in [-0.2, -0.15) is 18.3 Å². The number of piperazine rings is 1. The molecule has 5 nitrogen and oxygen atoms in total. The zero-order valence-corrected chi connectivity index (χ0v) is 19.5. The average molecular weight is 471 g/mol. The van der Waals surface area contributed by atoms with E-state index < -0.39 is 11.7 Å². The molecule has 1 amide bonds. The molecule has 8 heteroatoms. The highest BCUT2D eigenvalue weighted by atomic mass is 19.4. The molecule has 4 rings (SSSR count). The van der Waals surface area contributed by atoms with Crippen molar-refractivity contribution in [3.05, 3.63) is 70.8 Å². The molecule has 34 heavy (non-hydrogen) atoms. The maximum atomic E-state index is 13.0. The Morgan fingerprint density at radius 2 is 1.68 bits per heavy atom. The second kappa shape index (κ2) is 10.0. The van der Waals surface area contributed by atoms with Crippen LogP contribution in [-0.4, -0.2) is 60.8 Å². The number of rotatable bonds is 5. The van der Waals surface area contributed by atoms with Gasteiger partial charge in [-0.15, -0.1) is 0 Å². The first-order chi connectivity index (χ1) is 16.2. The summed E-state index contributed by atoms with van der Waals surface area (Å²) in [5.74, 6) is -0.0217. The minimum atomic E-state index is -4.34. The lowest BCUT2D eigenvalue weighted by molar-refractivity contribution is -0.137. The van der Waals surface area contributed by atoms with Crippen LogP contribution in [0.2, 0.25) is 0 Å². The van der Waals surface area contributed by atoms with Crippen molar-refractivity contribution in [2.24, 2.45) is 5.10 Å². The Morgan fingerprint density at radius 3 is 2.35 bits per heavy atom. The Balaban J connectivity index is 1.31. The first-order valence-corrected chi connectivity index (χ1v) is 11.5. The molecule has 2 aliphatic rings. The van der Waals surface area contributed by atoms with Gasteiger partial charge in [0.25, 0.3) is 0 Å². The van der Waals surface area contributed by atoms with Crippen LogP contribution in [0.25, 0.3) is 6.08 Å². The van der Waals surface area contributed by atoms with Crippen molar-refractivity contribution >= 4 is 23.4 Å². The van der Waals surface area contributed by atoms with Gasteiger partial charge in [-0.3, -0.25) is 9.69 Å². The SMILES string of the molecule is CC1=NN(CCN2CCN(c3cccc(C(F)(F)F)c3)CC2)C(=O)C/C1=C/c1ccc(C)cc1. The molecule has 0 unspecified atom stereocenters. The van der Waals surface area contributed by atoms with Gasteiger partial charge in [0.1, 0.15) is 0 Å². The maximum Gasteiger partial charge on any atom is 0.416 e. The van der Waals surface area contributed by atoms with Gasteiger partial charge in [-0.1, -0.05) is 35.9 Å². The van der Waals surface area contributed by atoms with Crippen LogP contribution in [0.4, 0.5) is 18.9 Å². The number of hydrogen-bond acceptors (Lipinski definition) is 4. The van der Waals surface area contributed by atoms with Crippen LogP contribution in [0.5, 0.6) is 0 Å². The second-order valence-electron chi connectivity index (χ2n) is 8.84.